The molecule has 4 heterocycles. The Morgan fingerprint density at radius 2 is 1.51 bits per heavy atom. The van der Waals surface area contributed by atoms with Crippen molar-refractivity contribution >= 4 is 17.7 Å². The number of phenolic OH excluding ortho intramolecular Hbond substituents is 1. The number of ether oxygens (including phenoxy) is 1. The van der Waals surface area contributed by atoms with Crippen molar-refractivity contribution in [1.29, 1.82) is 0 Å². The van der Waals surface area contributed by atoms with Gasteiger partial charge in [-0.3, -0.25) is 4.79 Å². The Labute approximate surface area is 279 Å². The Hall–Kier alpha value is -3.76. The van der Waals surface area contributed by atoms with E-state index in [-0.39, 0.29) is 30.2 Å². The lowest BCUT2D eigenvalue weighted by atomic mass is 9.97. The quantitative estimate of drug-likeness (QED) is 0.424. The van der Waals surface area contributed by atoms with Crippen molar-refractivity contribution in [1.82, 2.24) is 19.6 Å². The number of aromatic hydroxyl groups is 1. The highest BCUT2D eigenvalue weighted by Crippen LogP contribution is 2.29. The number of benzene rings is 2. The van der Waals surface area contributed by atoms with Crippen molar-refractivity contribution in [3.63, 3.8) is 0 Å². The molecule has 254 valence electrons. The summed E-state index contributed by atoms with van der Waals surface area (Å²) in [5.74, 6) is 0.980. The van der Waals surface area contributed by atoms with Crippen LogP contribution in [0.1, 0.15) is 60.8 Å². The topological polar surface area (TPSA) is 109 Å². The summed E-state index contributed by atoms with van der Waals surface area (Å²) in [5, 5.41) is 23.7. The highest BCUT2D eigenvalue weighted by molar-refractivity contribution is 5.84. The number of piperidine rings is 3. The molecule has 2 amide bonds. The molecule has 47 heavy (non-hydrogen) atoms. The lowest BCUT2D eigenvalue weighted by molar-refractivity contribution is -0.142. The molecular formula is C37H51N5O5. The summed E-state index contributed by atoms with van der Waals surface area (Å²) in [6.07, 6.45) is 4.53. The van der Waals surface area contributed by atoms with Crippen LogP contribution in [0.3, 0.4) is 0 Å². The second-order valence-electron chi connectivity index (χ2n) is 13.9. The van der Waals surface area contributed by atoms with Gasteiger partial charge in [0.05, 0.1) is 11.9 Å². The van der Waals surface area contributed by atoms with Crippen LogP contribution in [-0.2, 0) is 22.4 Å². The molecular weight excluding hydrogens is 594 g/mol. The molecule has 0 saturated carbocycles. The Kier molecular flexibility index (Phi) is 10.3. The van der Waals surface area contributed by atoms with Gasteiger partial charge < -0.3 is 39.9 Å². The van der Waals surface area contributed by atoms with Gasteiger partial charge in [-0.05, 0) is 87.1 Å². The maximum atomic E-state index is 14.0. The summed E-state index contributed by atoms with van der Waals surface area (Å²) in [4.78, 5) is 36.0. The number of carbonyl (C=O) groups excluding carboxylic acids is 2. The van der Waals surface area contributed by atoms with E-state index in [2.05, 4.69) is 39.9 Å². The molecule has 0 spiro atoms. The lowest BCUT2D eigenvalue weighted by Gasteiger charge is -2.42. The van der Waals surface area contributed by atoms with Gasteiger partial charge in [0.25, 0.3) is 5.91 Å². The molecule has 6 rings (SSSR count). The fourth-order valence-corrected chi connectivity index (χ4v) is 7.89. The number of amides is 2. The molecule has 10 heteroatoms. The molecule has 2 aromatic carbocycles. The number of aliphatic hydroxyl groups is 1. The summed E-state index contributed by atoms with van der Waals surface area (Å²) in [7, 11) is 0. The van der Waals surface area contributed by atoms with Crippen molar-refractivity contribution < 1.29 is 24.5 Å². The Morgan fingerprint density at radius 1 is 0.894 bits per heavy atom. The zero-order valence-electron chi connectivity index (χ0n) is 28.0. The average molecular weight is 646 g/mol. The number of hydrogen-bond donors (Lipinski definition) is 3. The summed E-state index contributed by atoms with van der Waals surface area (Å²) < 4.78 is 6.09. The normalized spacial score (nSPS) is 21.2. The maximum Gasteiger partial charge on any atom is 0.410 e. The highest BCUT2D eigenvalue weighted by atomic mass is 16.6. The van der Waals surface area contributed by atoms with E-state index in [4.69, 9.17) is 4.74 Å². The van der Waals surface area contributed by atoms with E-state index in [0.717, 1.165) is 92.8 Å². The van der Waals surface area contributed by atoms with Gasteiger partial charge in [0.1, 0.15) is 5.75 Å². The van der Waals surface area contributed by atoms with E-state index in [0.29, 0.717) is 32.2 Å². The second-order valence-corrected chi connectivity index (χ2v) is 13.9. The number of carbonyl (C=O) groups is 2. The molecule has 10 nitrogen and oxygen atoms in total. The van der Waals surface area contributed by atoms with E-state index in [1.165, 1.54) is 5.56 Å². The van der Waals surface area contributed by atoms with Crippen LogP contribution in [0.4, 0.5) is 10.5 Å². The number of aryl methyl sites for hydroxylation is 2. The van der Waals surface area contributed by atoms with Crippen molar-refractivity contribution in [3.05, 3.63) is 71.1 Å². The van der Waals surface area contributed by atoms with Crippen LogP contribution in [0.2, 0.25) is 0 Å². The molecule has 4 aliphatic heterocycles. The molecule has 3 N–H and O–H groups in total. The number of rotatable bonds is 6. The first-order valence-corrected chi connectivity index (χ1v) is 17.4. The van der Waals surface area contributed by atoms with Gasteiger partial charge in [0.2, 0.25) is 0 Å². The highest BCUT2D eigenvalue weighted by Gasteiger charge is 2.36. The molecule has 0 aromatic heterocycles. The summed E-state index contributed by atoms with van der Waals surface area (Å²) >= 11 is 0. The van der Waals surface area contributed by atoms with Gasteiger partial charge in [-0.15, -0.1) is 0 Å². The van der Waals surface area contributed by atoms with Crippen LogP contribution in [0, 0.1) is 13.8 Å². The van der Waals surface area contributed by atoms with Crippen LogP contribution in [0.5, 0.6) is 5.75 Å². The molecule has 0 aliphatic carbocycles. The lowest BCUT2D eigenvalue weighted by Crippen LogP contribution is -2.53. The number of phenols is 1. The van der Waals surface area contributed by atoms with Gasteiger partial charge in [-0.1, -0.05) is 36.9 Å². The number of hydrogen-bond acceptors (Lipinski definition) is 8. The zero-order valence-corrected chi connectivity index (χ0v) is 28.0. The van der Waals surface area contributed by atoms with Crippen LogP contribution in [-0.4, -0.2) is 112 Å². The van der Waals surface area contributed by atoms with Gasteiger partial charge in [0, 0.05) is 70.0 Å². The minimum absolute atomic E-state index is 0.157. The third-order valence-corrected chi connectivity index (χ3v) is 10.7. The summed E-state index contributed by atoms with van der Waals surface area (Å²) in [5.41, 5.74) is 4.71. The standard InChI is InChI=1S/C37H51N5O5/c1-25-22-28(23-26(2)35(25)44)24-34(36(45)40-15-9-30(10-16-40)39-19-13-32(43)14-20-39)47-37(46)41-17-11-31(12-18-41)42-21-8-29-6-4-5-7-33(29)38-27(42)3/h4-7,22-23,30-32,34,38,43-44H,3,8-21,24H2,1-2H3/t34-/m1/s1. The smallest absolute Gasteiger partial charge is 0.410 e. The predicted molar refractivity (Wildman–Crippen MR) is 182 cm³/mol. The van der Waals surface area contributed by atoms with E-state index >= 15 is 0 Å². The average Bonchev–Trinajstić information content (AvgIpc) is 3.25. The minimum Gasteiger partial charge on any atom is -0.507 e. The van der Waals surface area contributed by atoms with Gasteiger partial charge in [-0.25, -0.2) is 4.79 Å². The van der Waals surface area contributed by atoms with Crippen molar-refractivity contribution in [2.75, 3.05) is 51.1 Å². The van der Waals surface area contributed by atoms with Crippen LogP contribution >= 0.6 is 0 Å². The van der Waals surface area contributed by atoms with E-state index in [1.807, 2.05) is 36.9 Å². The predicted octanol–water partition coefficient (Wildman–Crippen LogP) is 4.41. The fourth-order valence-electron chi connectivity index (χ4n) is 7.89. The molecule has 3 fully saturated rings. The molecule has 0 bridgehead atoms. The van der Waals surface area contributed by atoms with Gasteiger partial charge >= 0.3 is 6.09 Å². The van der Waals surface area contributed by atoms with E-state index in [9.17, 15) is 19.8 Å². The fraction of sp³-hybridized carbons (Fsp3) is 0.568. The van der Waals surface area contributed by atoms with Crippen molar-refractivity contribution in [3.8, 4) is 5.75 Å². The van der Waals surface area contributed by atoms with Gasteiger partial charge in [0.15, 0.2) is 6.10 Å². The van der Waals surface area contributed by atoms with Crippen LogP contribution < -0.4 is 5.32 Å². The first-order chi connectivity index (χ1) is 22.7. The number of fused-ring (bicyclic) bond motifs is 1. The largest absolute Gasteiger partial charge is 0.507 e. The number of para-hydroxylation sites is 1. The number of nitrogens with one attached hydrogen (secondary N) is 1. The molecule has 0 radical (unpaired) electrons. The molecule has 4 aliphatic rings. The maximum absolute atomic E-state index is 14.0. The molecule has 1 atom stereocenters. The number of aliphatic hydroxyl groups excluding tert-OH is 1. The van der Waals surface area contributed by atoms with Crippen molar-refractivity contribution in [2.45, 2.75) is 89.5 Å². The Balaban J connectivity index is 1.08. The number of nitrogens with zero attached hydrogens (tertiary/aromatic N) is 4. The zero-order chi connectivity index (χ0) is 33.1. The third-order valence-electron chi connectivity index (χ3n) is 10.7. The number of anilines is 1. The SMILES string of the molecule is C=C1Nc2ccccc2CCN1C1CCN(C(=O)O[C@H](Cc2cc(C)c(O)c(C)c2)C(=O)N2CCC(N3CCC(O)CC3)CC2)CC1. The summed E-state index contributed by atoms with van der Waals surface area (Å²) in [6.45, 7) is 13.0. The third kappa shape index (κ3) is 7.70. The van der Waals surface area contributed by atoms with Crippen molar-refractivity contribution in [2.24, 2.45) is 0 Å². The molecule has 0 unspecified atom stereocenters. The van der Waals surface area contributed by atoms with Crippen LogP contribution in [0.25, 0.3) is 0 Å². The first kappa shape index (κ1) is 33.2. The van der Waals surface area contributed by atoms with E-state index in [1.54, 1.807) is 4.90 Å². The van der Waals surface area contributed by atoms with Crippen LogP contribution in [0.15, 0.2) is 48.8 Å². The number of likely N-dealkylation sites (tertiary alicyclic amines) is 3. The minimum atomic E-state index is -0.946. The Bertz CT molecular complexity index is 1420. The van der Waals surface area contributed by atoms with Gasteiger partial charge in [-0.2, -0.15) is 0 Å². The second kappa shape index (κ2) is 14.6. The monoisotopic (exact) mass is 645 g/mol. The Morgan fingerprint density at radius 3 is 2.19 bits per heavy atom. The summed E-state index contributed by atoms with van der Waals surface area (Å²) in [6, 6.07) is 12.8. The van der Waals surface area contributed by atoms with E-state index < -0.39 is 12.2 Å². The molecule has 3 saturated heterocycles. The first-order valence-electron chi connectivity index (χ1n) is 17.4. The molecule has 2 aromatic rings.